The van der Waals surface area contributed by atoms with Crippen LogP contribution in [0.4, 0.5) is 0 Å². The van der Waals surface area contributed by atoms with E-state index in [4.69, 9.17) is 14.3 Å². The van der Waals surface area contributed by atoms with Crippen LogP contribution in [0.5, 0.6) is 0 Å². The summed E-state index contributed by atoms with van der Waals surface area (Å²) in [7, 11) is 0. The zero-order valence-corrected chi connectivity index (χ0v) is 15.3. The van der Waals surface area contributed by atoms with Crippen LogP contribution in [0.3, 0.4) is 0 Å². The fraction of sp³-hybridized carbons (Fsp3) is 0.368. The zero-order chi connectivity index (χ0) is 18.1. The number of carboxylic acids is 1. The SMILES string of the molecule is CC(=CCSCC(=O)O)COCCc1nc(-c2ccccc2)oc1C.[NaH]. The van der Waals surface area contributed by atoms with Crippen LogP contribution in [-0.4, -0.2) is 70.3 Å². The van der Waals surface area contributed by atoms with Crippen molar-refractivity contribution in [2.75, 3.05) is 24.7 Å². The van der Waals surface area contributed by atoms with Gasteiger partial charge in [-0.05, 0) is 26.0 Å². The second-order valence-corrected chi connectivity index (χ2v) is 6.68. The van der Waals surface area contributed by atoms with Crippen LogP contribution in [-0.2, 0) is 16.0 Å². The van der Waals surface area contributed by atoms with Gasteiger partial charge in [0.05, 0.1) is 24.7 Å². The van der Waals surface area contributed by atoms with Gasteiger partial charge in [-0.25, -0.2) is 4.98 Å². The number of hydrogen-bond donors (Lipinski definition) is 1. The third kappa shape index (κ3) is 8.10. The van der Waals surface area contributed by atoms with E-state index in [0.717, 1.165) is 22.6 Å². The molecule has 0 saturated heterocycles. The number of aliphatic carboxylic acids is 1. The van der Waals surface area contributed by atoms with Gasteiger partial charge >= 0.3 is 35.5 Å². The van der Waals surface area contributed by atoms with Crippen molar-refractivity contribution in [3.05, 3.63) is 53.4 Å². The predicted molar refractivity (Wildman–Crippen MR) is 107 cm³/mol. The van der Waals surface area contributed by atoms with Gasteiger partial charge in [-0.2, -0.15) is 0 Å². The Kier molecular flexibility index (Phi) is 10.9. The van der Waals surface area contributed by atoms with Crippen molar-refractivity contribution in [3.63, 3.8) is 0 Å². The van der Waals surface area contributed by atoms with Crippen molar-refractivity contribution in [1.82, 2.24) is 4.98 Å². The molecule has 1 aromatic heterocycles. The molecule has 2 aromatic rings. The first-order valence-corrected chi connectivity index (χ1v) is 9.26. The molecule has 0 aliphatic heterocycles. The molecule has 2 rings (SSSR count). The number of hydrogen-bond acceptors (Lipinski definition) is 5. The van der Waals surface area contributed by atoms with E-state index in [1.807, 2.05) is 50.3 Å². The fourth-order valence-corrected chi connectivity index (χ4v) is 2.87. The van der Waals surface area contributed by atoms with Gasteiger partial charge in [0.2, 0.25) is 5.89 Å². The minimum absolute atomic E-state index is 0. The van der Waals surface area contributed by atoms with Gasteiger partial charge in [-0.1, -0.05) is 29.8 Å². The van der Waals surface area contributed by atoms with Crippen LogP contribution < -0.4 is 0 Å². The summed E-state index contributed by atoms with van der Waals surface area (Å²) in [6.07, 6.45) is 2.70. The molecule has 0 spiro atoms. The van der Waals surface area contributed by atoms with Crippen molar-refractivity contribution < 1.29 is 19.1 Å². The van der Waals surface area contributed by atoms with Gasteiger partial charge in [-0.15, -0.1) is 11.8 Å². The molecule has 5 nitrogen and oxygen atoms in total. The van der Waals surface area contributed by atoms with Gasteiger partial charge < -0.3 is 14.3 Å². The van der Waals surface area contributed by atoms with Crippen LogP contribution in [0, 0.1) is 6.92 Å². The third-order valence-corrected chi connectivity index (χ3v) is 4.35. The fourth-order valence-electron chi connectivity index (χ4n) is 2.17. The van der Waals surface area contributed by atoms with Crippen molar-refractivity contribution in [1.29, 1.82) is 0 Å². The Bertz CT molecular complexity index is 716. The van der Waals surface area contributed by atoms with Crippen molar-refractivity contribution >= 4 is 47.3 Å². The van der Waals surface area contributed by atoms with E-state index < -0.39 is 5.97 Å². The predicted octanol–water partition coefficient (Wildman–Crippen LogP) is 3.32. The average molecular weight is 385 g/mol. The van der Waals surface area contributed by atoms with E-state index in [9.17, 15) is 4.79 Å². The quantitative estimate of drug-likeness (QED) is 0.384. The summed E-state index contributed by atoms with van der Waals surface area (Å²) in [5, 5.41) is 8.58. The van der Waals surface area contributed by atoms with E-state index in [1.165, 1.54) is 11.8 Å². The van der Waals surface area contributed by atoms with Crippen LogP contribution in [0.2, 0.25) is 0 Å². The van der Waals surface area contributed by atoms with Crippen molar-refractivity contribution in [3.8, 4) is 11.5 Å². The maximum atomic E-state index is 10.4. The van der Waals surface area contributed by atoms with Crippen LogP contribution >= 0.6 is 11.8 Å². The van der Waals surface area contributed by atoms with E-state index in [0.29, 0.717) is 31.3 Å². The topological polar surface area (TPSA) is 72.6 Å². The second kappa shape index (κ2) is 12.4. The molecule has 1 heterocycles. The number of nitrogens with zero attached hydrogens (tertiary/aromatic N) is 1. The summed E-state index contributed by atoms with van der Waals surface area (Å²) in [6, 6.07) is 9.83. The molecule has 26 heavy (non-hydrogen) atoms. The molecule has 7 heteroatoms. The van der Waals surface area contributed by atoms with E-state index in [1.54, 1.807) is 0 Å². The molecule has 1 aromatic carbocycles. The van der Waals surface area contributed by atoms with E-state index in [2.05, 4.69) is 4.98 Å². The van der Waals surface area contributed by atoms with E-state index >= 15 is 0 Å². The van der Waals surface area contributed by atoms with Crippen LogP contribution in [0.15, 0.2) is 46.4 Å². The monoisotopic (exact) mass is 385 g/mol. The third-order valence-electron chi connectivity index (χ3n) is 3.50. The van der Waals surface area contributed by atoms with Gasteiger partial charge in [-0.3, -0.25) is 4.79 Å². The molecule has 0 bridgehead atoms. The molecule has 136 valence electrons. The molecule has 0 atom stereocenters. The Balaban J connectivity index is 0.00000338. The number of benzene rings is 1. The minimum atomic E-state index is -0.787. The number of thioether (sulfide) groups is 1. The molecule has 0 amide bonds. The average Bonchev–Trinajstić information content (AvgIpc) is 2.97. The summed E-state index contributed by atoms with van der Waals surface area (Å²) in [4.78, 5) is 15.0. The maximum absolute atomic E-state index is 10.4. The summed E-state index contributed by atoms with van der Waals surface area (Å²) < 4.78 is 11.4. The molecular weight excluding hydrogens is 361 g/mol. The number of carbonyl (C=O) groups is 1. The van der Waals surface area contributed by atoms with E-state index in [-0.39, 0.29) is 35.3 Å². The molecule has 0 unspecified atom stereocenters. The molecule has 1 N–H and O–H groups in total. The van der Waals surface area contributed by atoms with Gasteiger partial charge in [0.25, 0.3) is 0 Å². The summed E-state index contributed by atoms with van der Waals surface area (Å²) in [6.45, 7) is 5.00. The molecule has 0 radical (unpaired) electrons. The Morgan fingerprint density at radius 3 is 2.77 bits per heavy atom. The normalized spacial score (nSPS) is 11.2. The molecule has 0 saturated carbocycles. The Hall–Kier alpha value is -1.05. The van der Waals surface area contributed by atoms with Gasteiger partial charge in [0, 0.05) is 17.7 Å². The number of rotatable bonds is 10. The molecular formula is C19H24NNaO4S. The van der Waals surface area contributed by atoms with Crippen LogP contribution in [0.1, 0.15) is 18.4 Å². The first-order valence-electron chi connectivity index (χ1n) is 8.11. The molecule has 0 aliphatic carbocycles. The van der Waals surface area contributed by atoms with Crippen LogP contribution in [0.25, 0.3) is 11.5 Å². The van der Waals surface area contributed by atoms with Crippen molar-refractivity contribution in [2.24, 2.45) is 0 Å². The van der Waals surface area contributed by atoms with Gasteiger partial charge in [0.15, 0.2) is 0 Å². The first-order chi connectivity index (χ1) is 12.1. The summed E-state index contributed by atoms with van der Waals surface area (Å²) in [5.41, 5.74) is 2.98. The number of oxazole rings is 1. The molecule has 0 fully saturated rings. The Labute approximate surface area is 180 Å². The number of ether oxygens (including phenoxy) is 1. The zero-order valence-electron chi connectivity index (χ0n) is 14.5. The Morgan fingerprint density at radius 2 is 2.08 bits per heavy atom. The second-order valence-electron chi connectivity index (χ2n) is 5.65. The van der Waals surface area contributed by atoms with Gasteiger partial charge in [0.1, 0.15) is 5.76 Å². The van der Waals surface area contributed by atoms with Crippen molar-refractivity contribution in [2.45, 2.75) is 20.3 Å². The standard InChI is InChI=1S/C19H23NO4S.Na.H/c1-14(9-11-25-13-18(21)22)12-23-10-8-17-15(2)24-19(20-17)16-6-4-3-5-7-16;;/h3-7,9H,8,10-13H2,1-2H3,(H,21,22);;. The number of aromatic nitrogens is 1. The summed E-state index contributed by atoms with van der Waals surface area (Å²) >= 11 is 1.37. The number of aryl methyl sites for hydroxylation is 1. The molecule has 0 aliphatic rings. The summed E-state index contributed by atoms with van der Waals surface area (Å²) in [5.74, 6) is 1.48. The Morgan fingerprint density at radius 1 is 1.35 bits per heavy atom. The number of carboxylic acid groups (broad SMARTS) is 1. The first kappa shape index (κ1) is 23.0.